The summed E-state index contributed by atoms with van der Waals surface area (Å²) in [5, 5.41) is 3.05. The summed E-state index contributed by atoms with van der Waals surface area (Å²) in [5.41, 5.74) is 3.05. The van der Waals surface area contributed by atoms with Crippen LogP contribution in [0, 0.1) is 6.92 Å². The van der Waals surface area contributed by atoms with Crippen molar-refractivity contribution in [3.05, 3.63) is 132 Å². The van der Waals surface area contributed by atoms with E-state index in [0.717, 1.165) is 27.4 Å². The van der Waals surface area contributed by atoms with E-state index in [9.17, 15) is 18.0 Å². The molecule has 0 fully saturated rings. The molecule has 8 heteroatoms. The topological polar surface area (TPSA) is 86.8 Å². The molecule has 0 aliphatic carbocycles. The van der Waals surface area contributed by atoms with Gasteiger partial charge in [-0.3, -0.25) is 13.9 Å². The van der Waals surface area contributed by atoms with E-state index >= 15 is 0 Å². The monoisotopic (exact) mass is 597 g/mol. The van der Waals surface area contributed by atoms with Gasteiger partial charge in [-0.25, -0.2) is 8.42 Å². The molecule has 43 heavy (non-hydrogen) atoms. The summed E-state index contributed by atoms with van der Waals surface area (Å²) in [6.45, 7) is 5.48. The lowest BCUT2D eigenvalue weighted by molar-refractivity contribution is -0.140. The van der Waals surface area contributed by atoms with Gasteiger partial charge < -0.3 is 10.2 Å². The lowest BCUT2D eigenvalue weighted by Crippen LogP contribution is -2.54. The third-order valence-electron chi connectivity index (χ3n) is 7.40. The molecule has 0 heterocycles. The Labute approximate surface area is 255 Å². The fourth-order valence-electron chi connectivity index (χ4n) is 4.73. The number of anilines is 1. The zero-order valence-corrected chi connectivity index (χ0v) is 25.7. The van der Waals surface area contributed by atoms with Crippen LogP contribution in [-0.2, 0) is 32.6 Å². The van der Waals surface area contributed by atoms with Gasteiger partial charge in [-0.05, 0) is 55.7 Å². The van der Waals surface area contributed by atoms with Crippen LogP contribution < -0.4 is 9.62 Å². The van der Waals surface area contributed by atoms with E-state index in [1.165, 1.54) is 17.0 Å². The van der Waals surface area contributed by atoms with Crippen molar-refractivity contribution in [3.63, 3.8) is 0 Å². The Morgan fingerprint density at radius 1 is 0.767 bits per heavy atom. The Hall–Kier alpha value is -4.43. The van der Waals surface area contributed by atoms with Crippen molar-refractivity contribution in [1.29, 1.82) is 0 Å². The standard InChI is InChI=1S/C35H39N3O4S/c1-4-28(3)36-35(40)33(24-29-14-8-5-9-15-29)37(25-30-16-10-6-11-17-30)34(39)26-38(31-22-20-27(2)21-23-31)43(41,42)32-18-12-7-13-19-32/h5-23,28,33H,4,24-26H2,1-3H3,(H,36,40). The summed E-state index contributed by atoms with van der Waals surface area (Å²) in [6.07, 6.45) is 1.00. The van der Waals surface area contributed by atoms with Crippen molar-refractivity contribution in [1.82, 2.24) is 10.2 Å². The maximum Gasteiger partial charge on any atom is 0.264 e. The molecule has 2 amide bonds. The number of nitrogens with one attached hydrogen (secondary N) is 1. The predicted molar refractivity (Wildman–Crippen MR) is 171 cm³/mol. The number of rotatable bonds is 13. The Bertz CT molecular complexity index is 1580. The molecule has 2 unspecified atom stereocenters. The average Bonchev–Trinajstić information content (AvgIpc) is 3.03. The van der Waals surface area contributed by atoms with Crippen LogP contribution in [0.4, 0.5) is 5.69 Å². The van der Waals surface area contributed by atoms with Gasteiger partial charge in [0.1, 0.15) is 12.6 Å². The van der Waals surface area contributed by atoms with Crippen LogP contribution in [0.5, 0.6) is 0 Å². The number of sulfonamides is 1. The smallest absolute Gasteiger partial charge is 0.264 e. The number of amides is 2. The zero-order chi connectivity index (χ0) is 30.8. The van der Waals surface area contributed by atoms with Gasteiger partial charge in [0.15, 0.2) is 0 Å². The van der Waals surface area contributed by atoms with Crippen LogP contribution in [0.1, 0.15) is 37.0 Å². The quantitative estimate of drug-likeness (QED) is 0.213. The lowest BCUT2D eigenvalue weighted by atomic mass is 10.0. The molecule has 4 aromatic carbocycles. The first-order valence-corrected chi connectivity index (χ1v) is 15.9. The van der Waals surface area contributed by atoms with Gasteiger partial charge in [0.05, 0.1) is 10.6 Å². The third kappa shape index (κ3) is 8.32. The van der Waals surface area contributed by atoms with Crippen molar-refractivity contribution < 1.29 is 18.0 Å². The van der Waals surface area contributed by atoms with E-state index in [-0.39, 0.29) is 29.8 Å². The van der Waals surface area contributed by atoms with E-state index < -0.39 is 28.5 Å². The second-order valence-corrected chi connectivity index (χ2v) is 12.6. The highest BCUT2D eigenvalue weighted by molar-refractivity contribution is 7.92. The molecule has 0 bridgehead atoms. The third-order valence-corrected chi connectivity index (χ3v) is 9.19. The molecule has 1 N–H and O–H groups in total. The Morgan fingerprint density at radius 2 is 1.30 bits per heavy atom. The molecule has 0 radical (unpaired) electrons. The van der Waals surface area contributed by atoms with Crippen molar-refractivity contribution in [2.75, 3.05) is 10.8 Å². The van der Waals surface area contributed by atoms with Gasteiger partial charge in [-0.1, -0.05) is 103 Å². The fraction of sp³-hybridized carbons (Fsp3) is 0.257. The number of benzene rings is 4. The molecule has 0 aliphatic rings. The van der Waals surface area contributed by atoms with Gasteiger partial charge in [0.25, 0.3) is 10.0 Å². The maximum absolute atomic E-state index is 14.4. The Balaban J connectivity index is 1.78. The predicted octanol–water partition coefficient (Wildman–Crippen LogP) is 5.75. The molecule has 224 valence electrons. The molecular formula is C35H39N3O4S. The summed E-state index contributed by atoms with van der Waals surface area (Å²) < 4.78 is 29.1. The molecule has 4 aromatic rings. The van der Waals surface area contributed by atoms with Crippen LogP contribution in [-0.4, -0.2) is 43.8 Å². The van der Waals surface area contributed by atoms with E-state index in [0.29, 0.717) is 5.69 Å². The number of aryl methyl sites for hydroxylation is 1. The fourth-order valence-corrected chi connectivity index (χ4v) is 6.17. The van der Waals surface area contributed by atoms with Crippen molar-refractivity contribution >= 4 is 27.5 Å². The van der Waals surface area contributed by atoms with Gasteiger partial charge in [0.2, 0.25) is 11.8 Å². The first-order chi connectivity index (χ1) is 20.7. The summed E-state index contributed by atoms with van der Waals surface area (Å²) in [5.74, 6) is -0.764. The van der Waals surface area contributed by atoms with E-state index in [2.05, 4.69) is 5.32 Å². The van der Waals surface area contributed by atoms with Crippen LogP contribution in [0.2, 0.25) is 0 Å². The summed E-state index contributed by atoms with van der Waals surface area (Å²) in [6, 6.07) is 33.1. The van der Waals surface area contributed by atoms with Gasteiger partial charge in [0, 0.05) is 19.0 Å². The summed E-state index contributed by atoms with van der Waals surface area (Å²) in [7, 11) is -4.11. The molecule has 2 atom stereocenters. The highest BCUT2D eigenvalue weighted by Gasteiger charge is 2.34. The minimum atomic E-state index is -4.11. The summed E-state index contributed by atoms with van der Waals surface area (Å²) in [4.78, 5) is 29.8. The van der Waals surface area contributed by atoms with Crippen LogP contribution in [0.25, 0.3) is 0 Å². The van der Waals surface area contributed by atoms with Gasteiger partial charge in [-0.2, -0.15) is 0 Å². The molecule has 0 aromatic heterocycles. The zero-order valence-electron chi connectivity index (χ0n) is 24.9. The summed E-state index contributed by atoms with van der Waals surface area (Å²) >= 11 is 0. The van der Waals surface area contributed by atoms with Crippen LogP contribution in [0.3, 0.4) is 0 Å². The molecule has 4 rings (SSSR count). The Morgan fingerprint density at radius 3 is 1.86 bits per heavy atom. The molecular weight excluding hydrogens is 558 g/mol. The Kier molecular flexibility index (Phi) is 10.7. The largest absolute Gasteiger partial charge is 0.352 e. The highest BCUT2D eigenvalue weighted by Crippen LogP contribution is 2.25. The number of hydrogen-bond donors (Lipinski definition) is 1. The van der Waals surface area contributed by atoms with E-state index in [1.807, 2.05) is 93.6 Å². The average molecular weight is 598 g/mol. The number of carbonyl (C=O) groups is 2. The van der Waals surface area contributed by atoms with Crippen LogP contribution >= 0.6 is 0 Å². The van der Waals surface area contributed by atoms with Crippen molar-refractivity contribution in [3.8, 4) is 0 Å². The number of carbonyl (C=O) groups excluding carboxylic acids is 2. The first kappa shape index (κ1) is 31.5. The molecule has 0 spiro atoms. The molecule has 0 aliphatic heterocycles. The van der Waals surface area contributed by atoms with Crippen LogP contribution in [0.15, 0.2) is 120 Å². The minimum Gasteiger partial charge on any atom is -0.352 e. The number of hydrogen-bond acceptors (Lipinski definition) is 4. The number of nitrogens with zero attached hydrogens (tertiary/aromatic N) is 2. The maximum atomic E-state index is 14.4. The highest BCUT2D eigenvalue weighted by atomic mass is 32.2. The second kappa shape index (κ2) is 14.6. The second-order valence-electron chi connectivity index (χ2n) is 10.7. The molecule has 7 nitrogen and oxygen atoms in total. The normalized spacial score (nSPS) is 12.6. The van der Waals surface area contributed by atoms with Gasteiger partial charge >= 0.3 is 0 Å². The van der Waals surface area contributed by atoms with E-state index in [4.69, 9.17) is 0 Å². The first-order valence-electron chi connectivity index (χ1n) is 14.5. The van der Waals surface area contributed by atoms with Crippen molar-refractivity contribution in [2.24, 2.45) is 0 Å². The molecule has 0 saturated heterocycles. The minimum absolute atomic E-state index is 0.0772. The van der Waals surface area contributed by atoms with Crippen molar-refractivity contribution in [2.45, 2.75) is 57.1 Å². The lowest BCUT2D eigenvalue weighted by Gasteiger charge is -2.34. The molecule has 0 saturated carbocycles. The SMILES string of the molecule is CCC(C)NC(=O)C(Cc1ccccc1)N(Cc1ccccc1)C(=O)CN(c1ccc(C)cc1)S(=O)(=O)c1ccccc1. The van der Waals surface area contributed by atoms with Gasteiger partial charge in [-0.15, -0.1) is 0 Å². The van der Waals surface area contributed by atoms with E-state index in [1.54, 1.807) is 30.3 Å².